The summed E-state index contributed by atoms with van der Waals surface area (Å²) in [5.41, 5.74) is 14.1. The SMILES string of the molecule is c1ccc(-c2nc(-c3ccccc3)nc(-c3ccc4c(c3)-c3cc(-n5c6ccccc6c6cc(-c7cccc8c7sc7c8ccc8c9ccccc9sc87)ccc65)ccc3C4)n2)cc1. The molecule has 1 aliphatic rings. The van der Waals surface area contributed by atoms with Crippen molar-refractivity contribution in [2.75, 3.05) is 0 Å². The summed E-state index contributed by atoms with van der Waals surface area (Å²) in [5, 5.41) is 7.85. The second kappa shape index (κ2) is 13.9. The third-order valence-electron chi connectivity index (χ3n) is 13.1. The van der Waals surface area contributed by atoms with Gasteiger partial charge in [0, 0.05) is 64.1 Å². The van der Waals surface area contributed by atoms with Gasteiger partial charge in [-0.05, 0) is 82.3 Å². The molecule has 4 aromatic heterocycles. The number of para-hydroxylation sites is 1. The highest BCUT2D eigenvalue weighted by Gasteiger charge is 2.23. The molecule has 14 rings (SSSR count). The molecule has 9 aromatic carbocycles. The van der Waals surface area contributed by atoms with E-state index in [0.717, 1.165) is 28.8 Å². The van der Waals surface area contributed by atoms with Crippen LogP contribution in [-0.2, 0) is 6.42 Å². The predicted octanol–water partition coefficient (Wildman–Crippen LogP) is 15.9. The van der Waals surface area contributed by atoms with Gasteiger partial charge in [0.1, 0.15) is 0 Å². The van der Waals surface area contributed by atoms with Crippen LogP contribution < -0.4 is 0 Å². The first-order chi connectivity index (χ1) is 31.7. The first-order valence-corrected chi connectivity index (χ1v) is 23.3. The maximum absolute atomic E-state index is 5.06. The van der Waals surface area contributed by atoms with Gasteiger partial charge in [-0.1, -0.05) is 152 Å². The van der Waals surface area contributed by atoms with Crippen LogP contribution in [0.1, 0.15) is 11.1 Å². The van der Waals surface area contributed by atoms with Crippen LogP contribution in [0.25, 0.3) is 124 Å². The Bertz CT molecular complexity index is 3990. The lowest BCUT2D eigenvalue weighted by molar-refractivity contribution is 1.07. The van der Waals surface area contributed by atoms with Crippen molar-refractivity contribution in [3.63, 3.8) is 0 Å². The van der Waals surface area contributed by atoms with Crippen molar-refractivity contribution >= 4 is 84.8 Å². The topological polar surface area (TPSA) is 43.6 Å². The van der Waals surface area contributed by atoms with E-state index in [2.05, 4.69) is 162 Å². The van der Waals surface area contributed by atoms with Crippen molar-refractivity contribution in [3.05, 3.63) is 205 Å². The number of benzene rings is 9. The van der Waals surface area contributed by atoms with Crippen molar-refractivity contribution in [2.24, 2.45) is 0 Å². The van der Waals surface area contributed by atoms with Crippen molar-refractivity contribution in [1.82, 2.24) is 19.5 Å². The Morgan fingerprint density at radius 2 is 0.922 bits per heavy atom. The average Bonchev–Trinajstić information content (AvgIpc) is 4.13. The normalized spacial score (nSPS) is 12.3. The Hall–Kier alpha value is -7.77. The summed E-state index contributed by atoms with van der Waals surface area (Å²) in [6.07, 6.45) is 0.890. The van der Waals surface area contributed by atoms with Gasteiger partial charge in [-0.15, -0.1) is 22.7 Å². The molecular weight excluding hydrogens is 817 g/mol. The summed E-state index contributed by atoms with van der Waals surface area (Å²) in [7, 11) is 0. The van der Waals surface area contributed by atoms with Gasteiger partial charge in [-0.25, -0.2) is 15.0 Å². The van der Waals surface area contributed by atoms with Crippen LogP contribution >= 0.6 is 22.7 Å². The minimum Gasteiger partial charge on any atom is -0.309 e. The number of fused-ring (bicyclic) bond motifs is 13. The van der Waals surface area contributed by atoms with Gasteiger partial charge in [0.2, 0.25) is 0 Å². The molecule has 0 bridgehead atoms. The maximum atomic E-state index is 5.06. The monoisotopic (exact) mass is 850 g/mol. The van der Waals surface area contributed by atoms with E-state index in [1.165, 1.54) is 95.5 Å². The minimum atomic E-state index is 0.663. The van der Waals surface area contributed by atoms with Crippen LogP contribution in [0.4, 0.5) is 0 Å². The highest BCUT2D eigenvalue weighted by Crippen LogP contribution is 2.48. The standard InChI is InChI=1S/C58H34N4S2/c1-3-12-34(13-4-1)56-59-57(35-14-5-2-6-15-35)61-58(60-56)39-23-22-36-30-37-24-26-40(33-48(37)47(36)32-39)62-50-20-9-7-16-42(50)49-31-38(25-29-51(49)62)41-18-11-19-44-46-28-27-45-43-17-8-10-21-52(43)63-54(45)55(46)64-53(41)44/h1-29,31-33H,30H2. The van der Waals surface area contributed by atoms with Gasteiger partial charge < -0.3 is 4.57 Å². The molecule has 4 heterocycles. The molecule has 0 amide bonds. The van der Waals surface area contributed by atoms with E-state index in [-0.39, 0.29) is 0 Å². The number of thiophene rings is 2. The van der Waals surface area contributed by atoms with Gasteiger partial charge in [-0.2, -0.15) is 0 Å². The highest BCUT2D eigenvalue weighted by atomic mass is 32.1. The molecule has 0 atom stereocenters. The Balaban J connectivity index is 0.889. The molecule has 0 saturated heterocycles. The molecule has 298 valence electrons. The predicted molar refractivity (Wildman–Crippen MR) is 270 cm³/mol. The molecule has 0 N–H and O–H groups in total. The van der Waals surface area contributed by atoms with Crippen LogP contribution in [0.3, 0.4) is 0 Å². The van der Waals surface area contributed by atoms with E-state index >= 15 is 0 Å². The first-order valence-electron chi connectivity index (χ1n) is 21.6. The Kier molecular flexibility index (Phi) is 7.75. The summed E-state index contributed by atoms with van der Waals surface area (Å²) in [5.74, 6) is 1.99. The van der Waals surface area contributed by atoms with E-state index in [9.17, 15) is 0 Å². The molecule has 4 nitrogen and oxygen atoms in total. The number of hydrogen-bond donors (Lipinski definition) is 0. The van der Waals surface area contributed by atoms with Crippen molar-refractivity contribution in [1.29, 1.82) is 0 Å². The zero-order valence-electron chi connectivity index (χ0n) is 34.3. The molecule has 0 spiro atoms. The lowest BCUT2D eigenvalue weighted by Crippen LogP contribution is -2.00. The summed E-state index contributed by atoms with van der Waals surface area (Å²) in [4.78, 5) is 15.1. The van der Waals surface area contributed by atoms with Crippen LogP contribution in [0.5, 0.6) is 0 Å². The molecule has 0 fully saturated rings. The van der Waals surface area contributed by atoms with E-state index in [1.54, 1.807) is 0 Å². The fourth-order valence-corrected chi connectivity index (χ4v) is 12.7. The third kappa shape index (κ3) is 5.43. The molecule has 6 heteroatoms. The van der Waals surface area contributed by atoms with Crippen molar-refractivity contribution in [3.8, 4) is 62.1 Å². The van der Waals surface area contributed by atoms with Crippen LogP contribution in [0, 0.1) is 0 Å². The van der Waals surface area contributed by atoms with Crippen LogP contribution in [0.2, 0.25) is 0 Å². The summed E-state index contributed by atoms with van der Waals surface area (Å²) >= 11 is 3.85. The fourth-order valence-electron chi connectivity index (χ4n) is 10.1. The third-order valence-corrected chi connectivity index (χ3v) is 15.7. The van der Waals surface area contributed by atoms with Crippen LogP contribution in [-0.4, -0.2) is 19.5 Å². The molecular formula is C58H34N4S2. The molecule has 1 aliphatic carbocycles. The Morgan fingerprint density at radius 1 is 0.344 bits per heavy atom. The van der Waals surface area contributed by atoms with E-state index in [1.807, 2.05) is 59.1 Å². The largest absolute Gasteiger partial charge is 0.309 e. The lowest BCUT2D eigenvalue weighted by atomic mass is 10.0. The molecule has 64 heavy (non-hydrogen) atoms. The Morgan fingerprint density at radius 3 is 1.70 bits per heavy atom. The molecule has 0 saturated carbocycles. The lowest BCUT2D eigenvalue weighted by Gasteiger charge is -2.12. The minimum absolute atomic E-state index is 0.663. The maximum Gasteiger partial charge on any atom is 0.164 e. The van der Waals surface area contributed by atoms with E-state index in [0.29, 0.717) is 17.5 Å². The zero-order chi connectivity index (χ0) is 41.9. The fraction of sp³-hybridized carbons (Fsp3) is 0.0172. The highest BCUT2D eigenvalue weighted by molar-refractivity contribution is 7.33. The molecule has 13 aromatic rings. The van der Waals surface area contributed by atoms with E-state index < -0.39 is 0 Å². The van der Waals surface area contributed by atoms with Crippen molar-refractivity contribution in [2.45, 2.75) is 6.42 Å². The van der Waals surface area contributed by atoms with Crippen molar-refractivity contribution < 1.29 is 0 Å². The molecule has 0 unspecified atom stereocenters. The first kappa shape index (κ1) is 35.8. The number of aromatic nitrogens is 4. The summed E-state index contributed by atoms with van der Waals surface area (Å²) in [6.45, 7) is 0. The summed E-state index contributed by atoms with van der Waals surface area (Å²) < 4.78 is 7.89. The van der Waals surface area contributed by atoms with Gasteiger partial charge >= 0.3 is 0 Å². The van der Waals surface area contributed by atoms with Crippen LogP contribution in [0.15, 0.2) is 194 Å². The quantitative estimate of drug-likeness (QED) is 0.173. The zero-order valence-corrected chi connectivity index (χ0v) is 35.9. The number of rotatable bonds is 5. The van der Waals surface area contributed by atoms with Gasteiger partial charge in [0.15, 0.2) is 17.5 Å². The summed E-state index contributed by atoms with van der Waals surface area (Å²) in [6, 6.07) is 70.2. The number of hydrogen-bond acceptors (Lipinski definition) is 5. The smallest absolute Gasteiger partial charge is 0.164 e. The second-order valence-electron chi connectivity index (χ2n) is 16.7. The average molecular weight is 851 g/mol. The van der Waals surface area contributed by atoms with Gasteiger partial charge in [0.05, 0.1) is 20.4 Å². The van der Waals surface area contributed by atoms with E-state index in [4.69, 9.17) is 15.0 Å². The van der Waals surface area contributed by atoms with Gasteiger partial charge in [-0.3, -0.25) is 0 Å². The van der Waals surface area contributed by atoms with Gasteiger partial charge in [0.25, 0.3) is 0 Å². The Labute approximate surface area is 376 Å². The molecule has 0 radical (unpaired) electrons. The molecule has 0 aliphatic heterocycles. The second-order valence-corrected chi connectivity index (χ2v) is 18.8. The number of nitrogens with zero attached hydrogens (tertiary/aromatic N) is 4.